The Bertz CT molecular complexity index is 299. The summed E-state index contributed by atoms with van der Waals surface area (Å²) in [5.74, 6) is 0. The number of alkyl halides is 1. The molecule has 2 N–H and O–H groups in total. The van der Waals surface area contributed by atoms with Gasteiger partial charge in [-0.05, 0) is 24.1 Å². The van der Waals surface area contributed by atoms with Gasteiger partial charge in [-0.25, -0.2) is 5.43 Å². The van der Waals surface area contributed by atoms with Crippen LogP contribution in [0.1, 0.15) is 18.0 Å². The minimum Gasteiger partial charge on any atom is -0.253 e. The van der Waals surface area contributed by atoms with Crippen molar-refractivity contribution in [2.45, 2.75) is 18.5 Å². The van der Waals surface area contributed by atoms with Crippen LogP contribution in [0.3, 0.4) is 0 Å². The molecule has 76 valence electrons. The van der Waals surface area contributed by atoms with Crippen molar-refractivity contribution in [2.75, 3.05) is 5.33 Å². The highest BCUT2D eigenvalue weighted by atomic mass is 79.9. The second kappa shape index (κ2) is 4.75. The lowest BCUT2D eigenvalue weighted by molar-refractivity contribution is 0.563. The van der Waals surface area contributed by atoms with Crippen LogP contribution < -0.4 is 10.9 Å². The van der Waals surface area contributed by atoms with Crippen LogP contribution in [0, 0.1) is 0 Å². The molecule has 1 heterocycles. The Morgan fingerprint density at radius 2 is 1.93 bits per heavy atom. The number of hydrazine groups is 1. The minimum atomic E-state index is 0.436. The highest BCUT2D eigenvalue weighted by Gasteiger charge is 2.23. The molecular weight excluding hydrogens is 308 g/mol. The maximum atomic E-state index is 3.48. The first-order valence-electron chi connectivity index (χ1n) is 4.62. The molecule has 1 aliphatic rings. The van der Waals surface area contributed by atoms with Gasteiger partial charge in [-0.15, -0.1) is 0 Å². The van der Waals surface area contributed by atoms with Crippen LogP contribution >= 0.6 is 31.9 Å². The average molecular weight is 320 g/mol. The molecule has 0 amide bonds. The normalized spacial score (nSPS) is 26.7. The van der Waals surface area contributed by atoms with Crippen LogP contribution in [0.25, 0.3) is 0 Å². The number of benzene rings is 1. The number of rotatable bonds is 2. The van der Waals surface area contributed by atoms with Crippen LogP contribution in [0.5, 0.6) is 0 Å². The van der Waals surface area contributed by atoms with Crippen molar-refractivity contribution in [2.24, 2.45) is 0 Å². The lowest BCUT2D eigenvalue weighted by Gasteiger charge is -2.09. The van der Waals surface area contributed by atoms with Crippen molar-refractivity contribution >= 4 is 31.9 Å². The number of nitrogens with one attached hydrogen (secondary N) is 2. The van der Waals surface area contributed by atoms with Crippen molar-refractivity contribution in [3.63, 3.8) is 0 Å². The van der Waals surface area contributed by atoms with Gasteiger partial charge >= 0.3 is 0 Å². The Hall–Kier alpha value is 0.1000. The van der Waals surface area contributed by atoms with Crippen molar-refractivity contribution in [1.82, 2.24) is 10.9 Å². The first-order chi connectivity index (χ1) is 6.79. The third-order valence-corrected chi connectivity index (χ3v) is 3.75. The van der Waals surface area contributed by atoms with Gasteiger partial charge in [-0.3, -0.25) is 5.43 Å². The fraction of sp³-hybridized carbons (Fsp3) is 0.400. The van der Waals surface area contributed by atoms with E-state index in [2.05, 4.69) is 67.0 Å². The molecule has 2 nitrogen and oxygen atoms in total. The van der Waals surface area contributed by atoms with Gasteiger partial charge in [0, 0.05) is 21.9 Å². The average Bonchev–Trinajstić information content (AvgIpc) is 2.67. The van der Waals surface area contributed by atoms with E-state index in [1.165, 1.54) is 5.56 Å². The Kier molecular flexibility index (Phi) is 3.60. The highest BCUT2D eigenvalue weighted by molar-refractivity contribution is 9.10. The number of hydrogen-bond donors (Lipinski definition) is 2. The first kappa shape index (κ1) is 10.6. The summed E-state index contributed by atoms with van der Waals surface area (Å²) >= 11 is 6.91. The Morgan fingerprint density at radius 3 is 2.50 bits per heavy atom. The van der Waals surface area contributed by atoms with E-state index in [9.17, 15) is 0 Å². The quantitative estimate of drug-likeness (QED) is 0.819. The zero-order valence-electron chi connectivity index (χ0n) is 7.63. The summed E-state index contributed by atoms with van der Waals surface area (Å²) in [6, 6.07) is 9.44. The molecular formula is C10H12Br2N2. The summed E-state index contributed by atoms with van der Waals surface area (Å²) in [6.45, 7) is 0. The monoisotopic (exact) mass is 318 g/mol. The lowest BCUT2D eigenvalue weighted by atomic mass is 10.0. The van der Waals surface area contributed by atoms with E-state index >= 15 is 0 Å². The summed E-state index contributed by atoms with van der Waals surface area (Å²) in [7, 11) is 0. The Morgan fingerprint density at radius 1 is 1.21 bits per heavy atom. The fourth-order valence-corrected chi connectivity index (χ4v) is 2.33. The molecule has 1 fully saturated rings. The van der Waals surface area contributed by atoms with Crippen molar-refractivity contribution in [3.05, 3.63) is 34.3 Å². The molecule has 1 aromatic carbocycles. The zero-order chi connectivity index (χ0) is 9.97. The molecule has 2 rings (SSSR count). The van der Waals surface area contributed by atoms with E-state index in [4.69, 9.17) is 0 Å². The summed E-state index contributed by atoms with van der Waals surface area (Å²) in [5.41, 5.74) is 7.90. The van der Waals surface area contributed by atoms with E-state index in [1.54, 1.807) is 0 Å². The Balaban J connectivity index is 2.06. The molecule has 2 atom stereocenters. The van der Waals surface area contributed by atoms with E-state index in [1.807, 2.05) is 0 Å². The molecule has 0 bridgehead atoms. The predicted octanol–water partition coefficient (Wildman–Crippen LogP) is 2.75. The van der Waals surface area contributed by atoms with Gasteiger partial charge in [-0.1, -0.05) is 44.0 Å². The molecule has 0 aliphatic carbocycles. The van der Waals surface area contributed by atoms with Crippen LogP contribution in [0.15, 0.2) is 28.7 Å². The second-order valence-electron chi connectivity index (χ2n) is 3.48. The predicted molar refractivity (Wildman–Crippen MR) is 65.4 cm³/mol. The van der Waals surface area contributed by atoms with E-state index in [-0.39, 0.29) is 0 Å². The molecule has 1 aliphatic heterocycles. The molecule has 0 aromatic heterocycles. The minimum absolute atomic E-state index is 0.436. The largest absolute Gasteiger partial charge is 0.253 e. The summed E-state index contributed by atoms with van der Waals surface area (Å²) in [5, 5.41) is 0.993. The number of hydrogen-bond acceptors (Lipinski definition) is 2. The molecule has 0 saturated carbocycles. The van der Waals surface area contributed by atoms with Crippen molar-refractivity contribution in [3.8, 4) is 0 Å². The molecule has 4 heteroatoms. The van der Waals surface area contributed by atoms with E-state index in [0.29, 0.717) is 12.1 Å². The fourth-order valence-electron chi connectivity index (χ4n) is 1.64. The topological polar surface area (TPSA) is 24.1 Å². The molecule has 0 spiro atoms. The SMILES string of the molecule is BrCC1CC(c2ccc(Br)cc2)NN1. The van der Waals surface area contributed by atoms with Gasteiger partial charge in [-0.2, -0.15) is 0 Å². The smallest absolute Gasteiger partial charge is 0.0478 e. The standard InChI is InChI=1S/C10H12Br2N2/c11-6-9-5-10(14-13-9)7-1-3-8(12)4-2-7/h1-4,9-10,13-14H,5-6H2. The second-order valence-corrected chi connectivity index (χ2v) is 5.04. The molecule has 2 unspecified atom stereocenters. The third kappa shape index (κ3) is 2.37. The van der Waals surface area contributed by atoms with Gasteiger partial charge in [0.25, 0.3) is 0 Å². The molecule has 0 radical (unpaired) electrons. The summed E-state index contributed by atoms with van der Waals surface area (Å²) < 4.78 is 1.13. The maximum absolute atomic E-state index is 3.48. The molecule has 1 aromatic rings. The lowest BCUT2D eigenvalue weighted by Crippen LogP contribution is -2.31. The van der Waals surface area contributed by atoms with Crippen LogP contribution in [0.2, 0.25) is 0 Å². The third-order valence-electron chi connectivity index (χ3n) is 2.44. The highest BCUT2D eigenvalue weighted by Crippen LogP contribution is 2.24. The van der Waals surface area contributed by atoms with Gasteiger partial charge in [0.05, 0.1) is 0 Å². The van der Waals surface area contributed by atoms with E-state index < -0.39 is 0 Å². The van der Waals surface area contributed by atoms with Crippen molar-refractivity contribution < 1.29 is 0 Å². The molecule has 14 heavy (non-hydrogen) atoms. The van der Waals surface area contributed by atoms with Gasteiger partial charge in [0.1, 0.15) is 0 Å². The van der Waals surface area contributed by atoms with Crippen LogP contribution in [0.4, 0.5) is 0 Å². The first-order valence-corrected chi connectivity index (χ1v) is 6.53. The summed E-state index contributed by atoms with van der Waals surface area (Å²) in [6.07, 6.45) is 1.13. The van der Waals surface area contributed by atoms with Crippen LogP contribution in [-0.2, 0) is 0 Å². The van der Waals surface area contributed by atoms with Crippen LogP contribution in [-0.4, -0.2) is 11.4 Å². The van der Waals surface area contributed by atoms with Gasteiger partial charge < -0.3 is 0 Å². The van der Waals surface area contributed by atoms with E-state index in [0.717, 1.165) is 16.2 Å². The number of halogens is 2. The van der Waals surface area contributed by atoms with Gasteiger partial charge in [0.15, 0.2) is 0 Å². The van der Waals surface area contributed by atoms with Crippen molar-refractivity contribution in [1.29, 1.82) is 0 Å². The summed E-state index contributed by atoms with van der Waals surface area (Å²) in [4.78, 5) is 0. The Labute approximate surface area is 101 Å². The molecule has 1 saturated heterocycles. The zero-order valence-corrected chi connectivity index (χ0v) is 10.8. The maximum Gasteiger partial charge on any atom is 0.0478 e. The van der Waals surface area contributed by atoms with Gasteiger partial charge in [0.2, 0.25) is 0 Å².